The van der Waals surface area contributed by atoms with Gasteiger partial charge in [0.2, 0.25) is 0 Å². The van der Waals surface area contributed by atoms with E-state index in [1.54, 1.807) is 11.5 Å². The van der Waals surface area contributed by atoms with Crippen molar-refractivity contribution in [2.75, 3.05) is 0 Å². The molecule has 0 spiro atoms. The highest BCUT2D eigenvalue weighted by atomic mass is 79.9. The van der Waals surface area contributed by atoms with Gasteiger partial charge in [-0.1, -0.05) is 5.92 Å². The average Bonchev–Trinajstić information content (AvgIpc) is 2.51. The van der Waals surface area contributed by atoms with Crippen LogP contribution in [0.3, 0.4) is 0 Å². The minimum absolute atomic E-state index is 0.249. The third-order valence-corrected chi connectivity index (χ3v) is 2.61. The molecule has 2 heterocycles. The van der Waals surface area contributed by atoms with E-state index < -0.39 is 11.2 Å². The lowest BCUT2D eigenvalue weighted by atomic mass is 10.5. The standard InChI is InChI=1S/C9H7BrN4O2/c1-2-3-4-14-5-6(11-8(14)10)12-9(16)13-7(5)15/h4H2,1H3,(H2,12,13,15,16). The minimum atomic E-state index is -0.573. The maximum absolute atomic E-state index is 11.6. The Balaban J connectivity index is 2.82. The summed E-state index contributed by atoms with van der Waals surface area (Å²) in [4.78, 5) is 31.2. The van der Waals surface area contributed by atoms with Crippen LogP contribution >= 0.6 is 15.9 Å². The van der Waals surface area contributed by atoms with Crippen LogP contribution in [0.1, 0.15) is 6.92 Å². The van der Waals surface area contributed by atoms with Gasteiger partial charge in [0.1, 0.15) is 0 Å². The van der Waals surface area contributed by atoms with Crippen molar-refractivity contribution in [2.24, 2.45) is 0 Å². The van der Waals surface area contributed by atoms with Crippen LogP contribution in [-0.4, -0.2) is 19.5 Å². The number of hydrogen-bond acceptors (Lipinski definition) is 3. The van der Waals surface area contributed by atoms with E-state index in [0.29, 0.717) is 16.8 Å². The zero-order valence-electron chi connectivity index (χ0n) is 8.30. The maximum atomic E-state index is 11.6. The van der Waals surface area contributed by atoms with Gasteiger partial charge in [-0.15, -0.1) is 5.92 Å². The summed E-state index contributed by atoms with van der Waals surface area (Å²) in [6, 6.07) is 0. The van der Waals surface area contributed by atoms with E-state index in [2.05, 4.69) is 42.7 Å². The number of aromatic amines is 2. The van der Waals surface area contributed by atoms with Crippen LogP contribution in [0.2, 0.25) is 0 Å². The number of imidazole rings is 1. The first-order valence-electron chi connectivity index (χ1n) is 4.41. The number of nitrogens with one attached hydrogen (secondary N) is 2. The number of halogens is 1. The van der Waals surface area contributed by atoms with Crippen molar-refractivity contribution in [1.29, 1.82) is 0 Å². The number of H-pyrrole nitrogens is 2. The summed E-state index contributed by atoms with van der Waals surface area (Å²) in [6.45, 7) is 2.04. The van der Waals surface area contributed by atoms with Gasteiger partial charge in [0.25, 0.3) is 5.56 Å². The van der Waals surface area contributed by atoms with Crippen molar-refractivity contribution in [2.45, 2.75) is 13.5 Å². The molecule has 2 aromatic heterocycles. The van der Waals surface area contributed by atoms with Gasteiger partial charge in [-0.25, -0.2) is 9.78 Å². The summed E-state index contributed by atoms with van der Waals surface area (Å²) >= 11 is 3.21. The van der Waals surface area contributed by atoms with Gasteiger partial charge < -0.3 is 4.57 Å². The number of fused-ring (bicyclic) bond motifs is 1. The largest absolute Gasteiger partial charge is 0.327 e. The molecule has 7 heteroatoms. The van der Waals surface area contributed by atoms with Gasteiger partial charge in [0.05, 0.1) is 6.54 Å². The van der Waals surface area contributed by atoms with Crippen molar-refractivity contribution in [3.8, 4) is 11.8 Å². The monoisotopic (exact) mass is 282 g/mol. The lowest BCUT2D eigenvalue weighted by Crippen LogP contribution is -2.23. The molecule has 2 rings (SSSR count). The molecule has 0 bridgehead atoms. The number of aromatic nitrogens is 4. The van der Waals surface area contributed by atoms with Gasteiger partial charge in [-0.3, -0.25) is 14.8 Å². The highest BCUT2D eigenvalue weighted by molar-refractivity contribution is 9.10. The van der Waals surface area contributed by atoms with Crippen LogP contribution in [0.5, 0.6) is 0 Å². The first-order valence-corrected chi connectivity index (χ1v) is 5.20. The fourth-order valence-electron chi connectivity index (χ4n) is 1.35. The van der Waals surface area contributed by atoms with Crippen LogP contribution in [0, 0.1) is 11.8 Å². The van der Waals surface area contributed by atoms with E-state index in [1.165, 1.54) is 0 Å². The van der Waals surface area contributed by atoms with E-state index >= 15 is 0 Å². The van der Waals surface area contributed by atoms with Crippen LogP contribution < -0.4 is 11.2 Å². The molecular formula is C9H7BrN4O2. The molecule has 2 aromatic rings. The zero-order chi connectivity index (χ0) is 11.7. The Morgan fingerprint density at radius 1 is 1.44 bits per heavy atom. The highest BCUT2D eigenvalue weighted by Crippen LogP contribution is 2.13. The zero-order valence-corrected chi connectivity index (χ0v) is 9.88. The van der Waals surface area contributed by atoms with Gasteiger partial charge in [-0.2, -0.15) is 0 Å². The fraction of sp³-hybridized carbons (Fsp3) is 0.222. The van der Waals surface area contributed by atoms with Crippen LogP contribution in [0.25, 0.3) is 11.2 Å². The quantitative estimate of drug-likeness (QED) is 0.579. The lowest BCUT2D eigenvalue weighted by Gasteiger charge is -1.97. The molecular weight excluding hydrogens is 276 g/mol. The number of nitrogens with zero attached hydrogens (tertiary/aromatic N) is 2. The number of hydrogen-bond donors (Lipinski definition) is 2. The Kier molecular flexibility index (Phi) is 2.66. The molecule has 0 fully saturated rings. The first-order chi connectivity index (χ1) is 7.63. The highest BCUT2D eigenvalue weighted by Gasteiger charge is 2.11. The second-order valence-corrected chi connectivity index (χ2v) is 3.71. The Labute approximate surface area is 97.8 Å². The van der Waals surface area contributed by atoms with Crippen molar-refractivity contribution in [3.05, 3.63) is 25.6 Å². The van der Waals surface area contributed by atoms with Gasteiger partial charge in [-0.05, 0) is 22.9 Å². The third-order valence-electron chi connectivity index (χ3n) is 2.01. The minimum Gasteiger partial charge on any atom is -0.301 e. The van der Waals surface area contributed by atoms with Crippen LogP contribution in [0.4, 0.5) is 0 Å². The fourth-order valence-corrected chi connectivity index (χ4v) is 1.83. The SMILES string of the molecule is CC#CCn1c(Br)nc2[nH]c(=O)[nH]c(=O)c21. The van der Waals surface area contributed by atoms with Gasteiger partial charge in [0.15, 0.2) is 15.9 Å². The van der Waals surface area contributed by atoms with Crippen LogP contribution in [-0.2, 0) is 6.54 Å². The summed E-state index contributed by atoms with van der Waals surface area (Å²) in [5, 5.41) is 0. The molecule has 0 aromatic carbocycles. The molecule has 6 nitrogen and oxygen atoms in total. The molecule has 2 N–H and O–H groups in total. The Hall–Kier alpha value is -1.81. The summed E-state index contributed by atoms with van der Waals surface area (Å²) in [5.41, 5.74) is -0.501. The van der Waals surface area contributed by atoms with E-state index in [9.17, 15) is 9.59 Å². The summed E-state index contributed by atoms with van der Waals surface area (Å²) in [6.07, 6.45) is 0. The molecule has 16 heavy (non-hydrogen) atoms. The average molecular weight is 283 g/mol. The van der Waals surface area contributed by atoms with E-state index in [1.807, 2.05) is 0 Å². The number of rotatable bonds is 1. The smallest absolute Gasteiger partial charge is 0.301 e. The lowest BCUT2D eigenvalue weighted by molar-refractivity contribution is 0.835. The molecule has 0 aliphatic rings. The Morgan fingerprint density at radius 3 is 2.88 bits per heavy atom. The van der Waals surface area contributed by atoms with Crippen LogP contribution in [0.15, 0.2) is 14.3 Å². The molecule has 0 amide bonds. The Bertz CT molecular complexity index is 713. The summed E-state index contributed by atoms with van der Waals surface area (Å²) < 4.78 is 2.04. The summed E-state index contributed by atoms with van der Waals surface area (Å²) in [7, 11) is 0. The molecule has 0 aliphatic carbocycles. The second kappa shape index (κ2) is 3.98. The molecule has 0 unspecified atom stereocenters. The molecule has 0 atom stereocenters. The molecule has 0 aliphatic heterocycles. The van der Waals surface area contributed by atoms with Gasteiger partial charge >= 0.3 is 5.69 Å². The molecule has 0 saturated heterocycles. The predicted octanol–water partition coefficient (Wildman–Crippen LogP) is 0.199. The predicted molar refractivity (Wildman–Crippen MR) is 62.1 cm³/mol. The maximum Gasteiger partial charge on any atom is 0.327 e. The van der Waals surface area contributed by atoms with E-state index in [-0.39, 0.29) is 5.65 Å². The molecule has 82 valence electrons. The van der Waals surface area contributed by atoms with Gasteiger partial charge in [0, 0.05) is 0 Å². The Morgan fingerprint density at radius 2 is 2.19 bits per heavy atom. The first kappa shape index (κ1) is 10.7. The van der Waals surface area contributed by atoms with Crippen molar-refractivity contribution in [3.63, 3.8) is 0 Å². The normalized spacial score (nSPS) is 10.1. The van der Waals surface area contributed by atoms with Crippen molar-refractivity contribution < 1.29 is 0 Å². The topological polar surface area (TPSA) is 83.5 Å². The third kappa shape index (κ3) is 1.67. The molecule has 0 radical (unpaired) electrons. The van der Waals surface area contributed by atoms with Crippen molar-refractivity contribution in [1.82, 2.24) is 19.5 Å². The van der Waals surface area contributed by atoms with Crippen molar-refractivity contribution >= 4 is 27.1 Å². The summed E-state index contributed by atoms with van der Waals surface area (Å²) in [5.74, 6) is 5.55. The van der Waals surface area contributed by atoms with E-state index in [0.717, 1.165) is 0 Å². The second-order valence-electron chi connectivity index (χ2n) is 3.00. The van der Waals surface area contributed by atoms with E-state index in [4.69, 9.17) is 0 Å². The molecule has 0 saturated carbocycles.